The fourth-order valence-electron chi connectivity index (χ4n) is 1.68. The highest BCUT2D eigenvalue weighted by Crippen LogP contribution is 2.23. The van der Waals surface area contributed by atoms with E-state index >= 15 is 0 Å². The molecular weight excluding hydrogens is 226 g/mol. The van der Waals surface area contributed by atoms with E-state index in [2.05, 4.69) is 4.98 Å². The number of nitrogens with zero attached hydrogens (tertiary/aromatic N) is 1. The van der Waals surface area contributed by atoms with Crippen molar-refractivity contribution in [2.75, 3.05) is 0 Å². The molecule has 0 atom stereocenters. The lowest BCUT2D eigenvalue weighted by Crippen LogP contribution is -1.87. The summed E-state index contributed by atoms with van der Waals surface area (Å²) in [4.78, 5) is 15.0. The normalized spacial score (nSPS) is 10.7. The molecule has 1 heterocycles. The molecule has 0 aliphatic heterocycles. The number of benzene rings is 1. The average Bonchev–Trinajstić information content (AvgIpc) is 2.41. The van der Waals surface area contributed by atoms with Gasteiger partial charge in [-0.25, -0.2) is 0 Å². The van der Waals surface area contributed by atoms with Gasteiger partial charge in [0.1, 0.15) is 5.75 Å². The number of aryl methyl sites for hydroxylation is 1. The van der Waals surface area contributed by atoms with Gasteiger partial charge in [-0.15, -0.1) is 0 Å². The maximum atomic E-state index is 10.8. The summed E-state index contributed by atoms with van der Waals surface area (Å²) in [5.41, 5.74) is 2.69. The van der Waals surface area contributed by atoms with Gasteiger partial charge >= 0.3 is 0 Å². The van der Waals surface area contributed by atoms with Crippen molar-refractivity contribution in [2.45, 2.75) is 6.92 Å². The maximum Gasteiger partial charge on any atom is 0.153 e. The Balaban J connectivity index is 2.33. The Morgan fingerprint density at radius 3 is 2.72 bits per heavy atom. The van der Waals surface area contributed by atoms with E-state index in [-0.39, 0.29) is 5.75 Å². The van der Waals surface area contributed by atoms with E-state index in [9.17, 15) is 9.90 Å². The zero-order valence-corrected chi connectivity index (χ0v) is 10.00. The number of hydrogen-bond donors (Lipinski definition) is 1. The van der Waals surface area contributed by atoms with E-state index in [1.165, 1.54) is 0 Å². The number of pyridine rings is 1. The van der Waals surface area contributed by atoms with Gasteiger partial charge in [0.15, 0.2) is 6.29 Å². The lowest BCUT2D eigenvalue weighted by atomic mass is 10.0. The molecule has 2 aromatic rings. The maximum absolute atomic E-state index is 10.8. The van der Waals surface area contributed by atoms with E-state index in [1.54, 1.807) is 19.2 Å². The monoisotopic (exact) mass is 239 g/mol. The number of aldehydes is 1. The molecule has 0 aliphatic carbocycles. The van der Waals surface area contributed by atoms with Crippen LogP contribution in [0.2, 0.25) is 0 Å². The zero-order valence-electron chi connectivity index (χ0n) is 10.00. The first-order valence-electron chi connectivity index (χ1n) is 5.58. The topological polar surface area (TPSA) is 50.2 Å². The summed E-state index contributed by atoms with van der Waals surface area (Å²) in [6.45, 7) is 1.76. The van der Waals surface area contributed by atoms with Gasteiger partial charge in [0.05, 0.1) is 11.3 Å². The quantitative estimate of drug-likeness (QED) is 0.837. The number of carbonyl (C=O) groups is 1. The standard InChI is InChI=1S/C15H13NO2/c1-11-8-12(9-13(10-17)15(11)18)5-6-14-4-2-3-7-16-14/h2-10,18H,1H3/b6-5+. The minimum absolute atomic E-state index is 0.0417. The number of phenols is 1. The number of aromatic hydroxyl groups is 1. The number of aromatic nitrogens is 1. The molecule has 0 spiro atoms. The molecule has 0 radical (unpaired) electrons. The van der Waals surface area contributed by atoms with Crippen molar-refractivity contribution in [3.63, 3.8) is 0 Å². The van der Waals surface area contributed by atoms with E-state index in [1.807, 2.05) is 36.4 Å². The number of rotatable bonds is 3. The summed E-state index contributed by atoms with van der Waals surface area (Å²) < 4.78 is 0. The van der Waals surface area contributed by atoms with Crippen LogP contribution in [0.1, 0.15) is 27.2 Å². The van der Waals surface area contributed by atoms with Crippen molar-refractivity contribution in [3.05, 3.63) is 58.9 Å². The molecule has 0 saturated heterocycles. The van der Waals surface area contributed by atoms with Crippen LogP contribution in [0.25, 0.3) is 12.2 Å². The first kappa shape index (κ1) is 12.0. The Labute approximate surface area is 105 Å². The van der Waals surface area contributed by atoms with Gasteiger partial charge in [-0.05, 0) is 48.4 Å². The van der Waals surface area contributed by atoms with Gasteiger partial charge in [0.25, 0.3) is 0 Å². The van der Waals surface area contributed by atoms with Crippen LogP contribution in [0, 0.1) is 6.92 Å². The predicted octanol–water partition coefficient (Wildman–Crippen LogP) is 3.08. The van der Waals surface area contributed by atoms with Gasteiger partial charge in [0, 0.05) is 6.20 Å². The van der Waals surface area contributed by atoms with Crippen LogP contribution in [0.5, 0.6) is 5.75 Å². The van der Waals surface area contributed by atoms with Crippen molar-refractivity contribution in [3.8, 4) is 5.75 Å². The Bertz CT molecular complexity index is 589. The third kappa shape index (κ3) is 2.63. The van der Waals surface area contributed by atoms with Crippen LogP contribution in [-0.2, 0) is 0 Å². The summed E-state index contributed by atoms with van der Waals surface area (Å²) in [5.74, 6) is 0.0417. The van der Waals surface area contributed by atoms with Crippen LogP contribution in [0.15, 0.2) is 36.5 Å². The third-order valence-corrected chi connectivity index (χ3v) is 2.61. The van der Waals surface area contributed by atoms with Crippen LogP contribution >= 0.6 is 0 Å². The second-order valence-electron chi connectivity index (χ2n) is 3.98. The van der Waals surface area contributed by atoms with Crippen LogP contribution < -0.4 is 0 Å². The average molecular weight is 239 g/mol. The van der Waals surface area contributed by atoms with E-state index in [0.717, 1.165) is 11.3 Å². The highest BCUT2D eigenvalue weighted by molar-refractivity contribution is 5.82. The van der Waals surface area contributed by atoms with Crippen molar-refractivity contribution >= 4 is 18.4 Å². The Morgan fingerprint density at radius 1 is 1.22 bits per heavy atom. The minimum Gasteiger partial charge on any atom is -0.507 e. The summed E-state index contributed by atoms with van der Waals surface area (Å²) in [7, 11) is 0. The van der Waals surface area contributed by atoms with E-state index in [4.69, 9.17) is 0 Å². The van der Waals surface area contributed by atoms with Crippen molar-refractivity contribution < 1.29 is 9.90 Å². The molecule has 3 heteroatoms. The zero-order chi connectivity index (χ0) is 13.0. The Morgan fingerprint density at radius 2 is 2.06 bits per heavy atom. The molecule has 90 valence electrons. The van der Waals surface area contributed by atoms with Crippen molar-refractivity contribution in [1.82, 2.24) is 4.98 Å². The third-order valence-electron chi connectivity index (χ3n) is 2.61. The SMILES string of the molecule is Cc1cc(/C=C/c2ccccn2)cc(C=O)c1O. The fraction of sp³-hybridized carbons (Fsp3) is 0.0667. The van der Waals surface area contributed by atoms with E-state index in [0.29, 0.717) is 17.4 Å². The summed E-state index contributed by atoms with van der Waals surface area (Å²) in [5, 5.41) is 9.64. The van der Waals surface area contributed by atoms with Gasteiger partial charge in [-0.3, -0.25) is 9.78 Å². The molecular formula is C15H13NO2. The molecule has 0 saturated carbocycles. The largest absolute Gasteiger partial charge is 0.507 e. The van der Waals surface area contributed by atoms with Crippen molar-refractivity contribution in [2.24, 2.45) is 0 Å². The summed E-state index contributed by atoms with van der Waals surface area (Å²) in [6.07, 6.45) is 6.10. The lowest BCUT2D eigenvalue weighted by molar-refractivity contribution is 0.112. The molecule has 2 rings (SSSR count). The highest BCUT2D eigenvalue weighted by atomic mass is 16.3. The lowest BCUT2D eigenvalue weighted by Gasteiger charge is -2.03. The Hall–Kier alpha value is -2.42. The summed E-state index contributed by atoms with van der Waals surface area (Å²) in [6, 6.07) is 9.12. The second kappa shape index (κ2) is 5.27. The molecule has 0 unspecified atom stereocenters. The fourth-order valence-corrected chi connectivity index (χ4v) is 1.68. The van der Waals surface area contributed by atoms with Crippen LogP contribution in [-0.4, -0.2) is 16.4 Å². The summed E-state index contributed by atoms with van der Waals surface area (Å²) >= 11 is 0. The van der Waals surface area contributed by atoms with Crippen molar-refractivity contribution in [1.29, 1.82) is 0 Å². The van der Waals surface area contributed by atoms with E-state index < -0.39 is 0 Å². The second-order valence-corrected chi connectivity index (χ2v) is 3.98. The molecule has 0 bridgehead atoms. The molecule has 1 N–H and O–H groups in total. The highest BCUT2D eigenvalue weighted by Gasteiger charge is 2.04. The molecule has 0 aliphatic rings. The van der Waals surface area contributed by atoms with Gasteiger partial charge in [-0.1, -0.05) is 12.1 Å². The number of hydrogen-bond acceptors (Lipinski definition) is 3. The molecule has 1 aromatic carbocycles. The minimum atomic E-state index is 0.0417. The molecule has 0 amide bonds. The number of carbonyl (C=O) groups excluding carboxylic acids is 1. The van der Waals surface area contributed by atoms with Gasteiger partial charge in [0.2, 0.25) is 0 Å². The van der Waals surface area contributed by atoms with Gasteiger partial charge in [-0.2, -0.15) is 0 Å². The first-order valence-corrected chi connectivity index (χ1v) is 5.58. The molecule has 1 aromatic heterocycles. The molecule has 3 nitrogen and oxygen atoms in total. The predicted molar refractivity (Wildman–Crippen MR) is 71.4 cm³/mol. The molecule has 18 heavy (non-hydrogen) atoms. The van der Waals surface area contributed by atoms with Crippen LogP contribution in [0.3, 0.4) is 0 Å². The van der Waals surface area contributed by atoms with Crippen LogP contribution in [0.4, 0.5) is 0 Å². The molecule has 0 fully saturated rings. The first-order chi connectivity index (χ1) is 8.70. The Kier molecular flexibility index (Phi) is 3.53. The smallest absolute Gasteiger partial charge is 0.153 e. The van der Waals surface area contributed by atoms with Gasteiger partial charge < -0.3 is 5.11 Å². The number of phenolic OH excluding ortho intramolecular Hbond substituents is 1.